The maximum absolute atomic E-state index is 11.2. The number of imidazole rings is 1. The van der Waals surface area contributed by atoms with E-state index in [0.29, 0.717) is 17.1 Å². The fourth-order valence-electron chi connectivity index (χ4n) is 2.22. The molecule has 1 saturated heterocycles. The minimum atomic E-state index is -1.02. The molecule has 6 heteroatoms. The molecule has 0 aromatic carbocycles. The van der Waals surface area contributed by atoms with E-state index < -0.39 is 5.97 Å². The van der Waals surface area contributed by atoms with Crippen molar-refractivity contribution in [2.45, 2.75) is 6.42 Å². The zero-order valence-corrected chi connectivity index (χ0v) is 9.76. The molecule has 94 valence electrons. The summed E-state index contributed by atoms with van der Waals surface area (Å²) in [6.45, 7) is 1.93. The molecule has 0 radical (unpaired) electrons. The van der Waals surface area contributed by atoms with Gasteiger partial charge in [0.1, 0.15) is 5.82 Å². The Morgan fingerprint density at radius 1 is 1.61 bits per heavy atom. The third-order valence-corrected chi connectivity index (χ3v) is 3.28. The van der Waals surface area contributed by atoms with Crippen molar-refractivity contribution in [3.63, 3.8) is 0 Å². The number of aromatic nitrogens is 2. The van der Waals surface area contributed by atoms with E-state index in [1.165, 1.54) is 0 Å². The van der Waals surface area contributed by atoms with Crippen molar-refractivity contribution in [2.24, 2.45) is 5.92 Å². The van der Waals surface area contributed by atoms with Gasteiger partial charge in [-0.05, 0) is 31.1 Å². The number of carboxylic acid groups (broad SMARTS) is 1. The Morgan fingerprint density at radius 2 is 2.39 bits per heavy atom. The number of nitrogens with one attached hydrogen (secondary N) is 1. The number of nitrogens with two attached hydrogens (primary N) is 1. The molecule has 0 amide bonds. The molecular formula is C12H14N4O2. The van der Waals surface area contributed by atoms with E-state index in [1.54, 1.807) is 18.3 Å². The van der Waals surface area contributed by atoms with E-state index in [9.17, 15) is 4.79 Å². The van der Waals surface area contributed by atoms with Crippen LogP contribution in [0.4, 0.5) is 5.69 Å². The quantitative estimate of drug-likeness (QED) is 0.728. The number of rotatable bonds is 3. The van der Waals surface area contributed by atoms with Crippen LogP contribution in [-0.2, 0) is 6.42 Å². The number of nitrogens with zero attached hydrogens (tertiary/aromatic N) is 2. The minimum absolute atomic E-state index is 0.0737. The Bertz CT molecular complexity index is 616. The third kappa shape index (κ3) is 1.70. The van der Waals surface area contributed by atoms with Gasteiger partial charge in [-0.2, -0.15) is 0 Å². The lowest BCUT2D eigenvalue weighted by Crippen LogP contribution is -2.43. The van der Waals surface area contributed by atoms with Crippen LogP contribution in [0.5, 0.6) is 0 Å². The number of hydrogen-bond donors (Lipinski definition) is 3. The highest BCUT2D eigenvalue weighted by atomic mass is 16.4. The van der Waals surface area contributed by atoms with Crippen LogP contribution >= 0.6 is 0 Å². The Balaban J connectivity index is 2.10. The molecule has 0 unspecified atom stereocenters. The van der Waals surface area contributed by atoms with Crippen molar-refractivity contribution in [3.8, 4) is 0 Å². The molecule has 0 atom stereocenters. The van der Waals surface area contributed by atoms with E-state index in [4.69, 9.17) is 10.8 Å². The number of carboxylic acids is 1. The van der Waals surface area contributed by atoms with Crippen LogP contribution in [0.2, 0.25) is 0 Å². The SMILES string of the molecule is Nc1ccn2c(CC3CNC3)nc(C(=O)O)c2c1. The smallest absolute Gasteiger partial charge is 0.356 e. The lowest BCUT2D eigenvalue weighted by atomic mass is 9.99. The maximum Gasteiger partial charge on any atom is 0.356 e. The number of aromatic carboxylic acids is 1. The minimum Gasteiger partial charge on any atom is -0.476 e. The fourth-order valence-corrected chi connectivity index (χ4v) is 2.22. The standard InChI is InChI=1S/C12H14N4O2/c13-8-1-2-16-9(4-8)11(12(17)18)15-10(16)3-7-5-14-6-7/h1-2,4,7,14H,3,5-6,13H2,(H,17,18). The molecule has 3 rings (SSSR count). The van der Waals surface area contributed by atoms with Gasteiger partial charge < -0.3 is 20.6 Å². The highest BCUT2D eigenvalue weighted by Crippen LogP contribution is 2.19. The zero-order valence-electron chi connectivity index (χ0n) is 9.76. The van der Waals surface area contributed by atoms with Crippen LogP contribution in [0.25, 0.3) is 5.52 Å². The van der Waals surface area contributed by atoms with Gasteiger partial charge in [0.05, 0.1) is 5.52 Å². The molecule has 6 nitrogen and oxygen atoms in total. The lowest BCUT2D eigenvalue weighted by Gasteiger charge is -2.26. The van der Waals surface area contributed by atoms with E-state index in [1.807, 2.05) is 4.40 Å². The van der Waals surface area contributed by atoms with Gasteiger partial charge in [0.25, 0.3) is 0 Å². The summed E-state index contributed by atoms with van der Waals surface area (Å²) in [5.74, 6) is 0.305. The predicted molar refractivity (Wildman–Crippen MR) is 66.6 cm³/mol. The molecule has 4 N–H and O–H groups in total. The number of pyridine rings is 1. The van der Waals surface area contributed by atoms with Gasteiger partial charge in [0.2, 0.25) is 0 Å². The summed E-state index contributed by atoms with van der Waals surface area (Å²) in [5.41, 5.74) is 6.87. The van der Waals surface area contributed by atoms with Crippen LogP contribution in [0.3, 0.4) is 0 Å². The number of fused-ring (bicyclic) bond motifs is 1. The average molecular weight is 246 g/mol. The highest BCUT2D eigenvalue weighted by molar-refractivity contribution is 5.94. The van der Waals surface area contributed by atoms with Crippen LogP contribution < -0.4 is 11.1 Å². The van der Waals surface area contributed by atoms with Crippen molar-refractivity contribution in [1.29, 1.82) is 0 Å². The molecular weight excluding hydrogens is 232 g/mol. The van der Waals surface area contributed by atoms with Crippen LogP contribution in [0.1, 0.15) is 16.3 Å². The first kappa shape index (κ1) is 11.0. The number of nitrogen functional groups attached to an aromatic ring is 1. The first-order chi connectivity index (χ1) is 8.65. The molecule has 2 aromatic heterocycles. The van der Waals surface area contributed by atoms with Gasteiger partial charge in [-0.15, -0.1) is 0 Å². The number of carbonyl (C=O) groups is 1. The van der Waals surface area contributed by atoms with E-state index in [0.717, 1.165) is 25.3 Å². The molecule has 1 aliphatic heterocycles. The van der Waals surface area contributed by atoms with Crippen molar-refractivity contribution in [1.82, 2.24) is 14.7 Å². The normalized spacial score (nSPS) is 15.8. The summed E-state index contributed by atoms with van der Waals surface area (Å²) in [5, 5.41) is 12.4. The third-order valence-electron chi connectivity index (χ3n) is 3.28. The van der Waals surface area contributed by atoms with Gasteiger partial charge in [-0.1, -0.05) is 0 Å². The molecule has 0 spiro atoms. The molecule has 0 saturated carbocycles. The van der Waals surface area contributed by atoms with Crippen molar-refractivity contribution >= 4 is 17.2 Å². The topological polar surface area (TPSA) is 92.7 Å². The van der Waals surface area contributed by atoms with Gasteiger partial charge in [0, 0.05) is 18.3 Å². The first-order valence-electron chi connectivity index (χ1n) is 5.85. The van der Waals surface area contributed by atoms with Crippen LogP contribution in [0.15, 0.2) is 18.3 Å². The molecule has 1 aliphatic rings. The summed E-state index contributed by atoms with van der Waals surface area (Å²) in [7, 11) is 0. The van der Waals surface area contributed by atoms with Crippen molar-refractivity contribution < 1.29 is 9.90 Å². The summed E-state index contributed by atoms with van der Waals surface area (Å²) < 4.78 is 1.82. The predicted octanol–water partition coefficient (Wildman–Crippen LogP) is 0.377. The second-order valence-electron chi connectivity index (χ2n) is 4.63. The molecule has 18 heavy (non-hydrogen) atoms. The Labute approximate surface area is 103 Å². The average Bonchev–Trinajstić information content (AvgIpc) is 2.61. The number of anilines is 1. The van der Waals surface area contributed by atoms with E-state index in [-0.39, 0.29) is 5.69 Å². The Morgan fingerprint density at radius 3 is 3.00 bits per heavy atom. The van der Waals surface area contributed by atoms with E-state index >= 15 is 0 Å². The molecule has 1 fully saturated rings. The van der Waals surface area contributed by atoms with Gasteiger partial charge >= 0.3 is 5.97 Å². The monoisotopic (exact) mass is 246 g/mol. The highest BCUT2D eigenvalue weighted by Gasteiger charge is 2.22. The summed E-state index contributed by atoms with van der Waals surface area (Å²) in [6, 6.07) is 3.40. The van der Waals surface area contributed by atoms with Gasteiger partial charge in [0.15, 0.2) is 5.69 Å². The Hall–Kier alpha value is -2.08. The molecule has 2 aromatic rings. The first-order valence-corrected chi connectivity index (χ1v) is 5.85. The molecule has 0 aliphatic carbocycles. The second-order valence-corrected chi connectivity index (χ2v) is 4.63. The van der Waals surface area contributed by atoms with E-state index in [2.05, 4.69) is 10.3 Å². The maximum atomic E-state index is 11.2. The van der Waals surface area contributed by atoms with Crippen molar-refractivity contribution in [3.05, 3.63) is 29.8 Å². The lowest BCUT2D eigenvalue weighted by molar-refractivity contribution is 0.0693. The largest absolute Gasteiger partial charge is 0.476 e. The van der Waals surface area contributed by atoms with Crippen molar-refractivity contribution in [2.75, 3.05) is 18.8 Å². The Kier molecular flexibility index (Phi) is 2.45. The van der Waals surface area contributed by atoms with Crippen LogP contribution in [-0.4, -0.2) is 33.6 Å². The molecule has 3 heterocycles. The van der Waals surface area contributed by atoms with Gasteiger partial charge in [-0.3, -0.25) is 0 Å². The van der Waals surface area contributed by atoms with Crippen LogP contribution in [0, 0.1) is 5.92 Å². The number of hydrogen-bond acceptors (Lipinski definition) is 4. The summed E-state index contributed by atoms with van der Waals surface area (Å²) in [6.07, 6.45) is 2.57. The fraction of sp³-hybridized carbons (Fsp3) is 0.333. The summed E-state index contributed by atoms with van der Waals surface area (Å²) in [4.78, 5) is 15.4. The van der Waals surface area contributed by atoms with Gasteiger partial charge in [-0.25, -0.2) is 9.78 Å². The zero-order chi connectivity index (χ0) is 12.7. The molecule has 0 bridgehead atoms. The second kappa shape index (κ2) is 3.99. The summed E-state index contributed by atoms with van der Waals surface area (Å²) >= 11 is 0.